The number of halogens is 1. The number of hydrogen-bond acceptors (Lipinski definition) is 2. The first-order chi connectivity index (χ1) is 10.7. The van der Waals surface area contributed by atoms with Gasteiger partial charge in [0.25, 0.3) is 0 Å². The van der Waals surface area contributed by atoms with Crippen LogP contribution in [0.5, 0.6) is 0 Å². The molecule has 2 fully saturated rings. The number of carbonyl (C=O) groups is 1. The number of nitrogens with zero attached hydrogens (tertiary/aromatic N) is 2. The van der Waals surface area contributed by atoms with Gasteiger partial charge in [-0.05, 0) is 54.7 Å². The maximum atomic E-state index is 12.9. The summed E-state index contributed by atoms with van der Waals surface area (Å²) in [6.07, 6.45) is 3.93. The lowest BCUT2D eigenvalue weighted by Gasteiger charge is -2.31. The normalized spacial score (nSPS) is 23.0. The zero-order chi connectivity index (χ0) is 15.1. The van der Waals surface area contributed by atoms with Crippen LogP contribution in [0.25, 0.3) is 11.3 Å². The number of amides is 1. The number of aromatic nitrogens is 1. The molecule has 2 heterocycles. The third kappa shape index (κ3) is 2.39. The summed E-state index contributed by atoms with van der Waals surface area (Å²) in [7, 11) is 0. The molecule has 1 amide bonds. The molecule has 0 unspecified atom stereocenters. The first-order valence-electron chi connectivity index (χ1n) is 7.73. The van der Waals surface area contributed by atoms with Gasteiger partial charge in [-0.15, -0.1) is 0 Å². The second kappa shape index (κ2) is 5.20. The van der Waals surface area contributed by atoms with E-state index in [-0.39, 0.29) is 11.7 Å². The highest BCUT2D eigenvalue weighted by Crippen LogP contribution is 2.48. The van der Waals surface area contributed by atoms with Gasteiger partial charge in [-0.3, -0.25) is 9.78 Å². The van der Waals surface area contributed by atoms with Crippen LogP contribution in [-0.2, 0) is 4.79 Å². The molecule has 1 saturated carbocycles. The Balaban J connectivity index is 1.46. The van der Waals surface area contributed by atoms with Crippen molar-refractivity contribution in [1.82, 2.24) is 9.88 Å². The predicted octanol–water partition coefficient (Wildman–Crippen LogP) is 3.22. The van der Waals surface area contributed by atoms with Gasteiger partial charge in [0.2, 0.25) is 5.91 Å². The number of carbonyl (C=O) groups excluding carboxylic acids is 1. The fourth-order valence-corrected chi connectivity index (χ4v) is 3.02. The predicted molar refractivity (Wildman–Crippen MR) is 81.7 cm³/mol. The fraction of sp³-hybridized carbons (Fsp3) is 0.333. The Labute approximate surface area is 128 Å². The Bertz CT molecular complexity index is 692. The van der Waals surface area contributed by atoms with Crippen LogP contribution in [0.1, 0.15) is 24.3 Å². The van der Waals surface area contributed by atoms with Crippen molar-refractivity contribution in [2.24, 2.45) is 5.92 Å². The molecule has 2 aromatic rings. The van der Waals surface area contributed by atoms with Crippen molar-refractivity contribution >= 4 is 5.91 Å². The Morgan fingerprint density at radius 3 is 2.50 bits per heavy atom. The summed E-state index contributed by atoms with van der Waals surface area (Å²) < 4.78 is 12.9. The van der Waals surface area contributed by atoms with Crippen molar-refractivity contribution in [3.63, 3.8) is 0 Å². The van der Waals surface area contributed by atoms with Gasteiger partial charge in [0.15, 0.2) is 0 Å². The van der Waals surface area contributed by atoms with E-state index in [1.165, 1.54) is 12.1 Å². The average Bonchev–Trinajstić information content (AvgIpc) is 3.27. The zero-order valence-electron chi connectivity index (χ0n) is 12.2. The highest BCUT2D eigenvalue weighted by Gasteiger charge is 2.46. The first-order valence-corrected chi connectivity index (χ1v) is 7.73. The van der Waals surface area contributed by atoms with E-state index in [1.807, 2.05) is 23.2 Å². The lowest BCUT2D eigenvalue weighted by Crippen LogP contribution is -2.43. The summed E-state index contributed by atoms with van der Waals surface area (Å²) in [6, 6.07) is 10.3. The van der Waals surface area contributed by atoms with Crippen molar-refractivity contribution in [1.29, 1.82) is 0 Å². The molecule has 1 aliphatic carbocycles. The summed E-state index contributed by atoms with van der Waals surface area (Å²) in [5.41, 5.74) is 2.86. The molecule has 112 valence electrons. The van der Waals surface area contributed by atoms with Gasteiger partial charge in [0.1, 0.15) is 5.82 Å². The molecule has 1 aromatic carbocycles. The monoisotopic (exact) mass is 296 g/mol. The number of benzene rings is 1. The molecular formula is C18H17FN2O. The highest BCUT2D eigenvalue weighted by molar-refractivity contribution is 5.83. The zero-order valence-corrected chi connectivity index (χ0v) is 12.2. The van der Waals surface area contributed by atoms with Gasteiger partial charge in [-0.2, -0.15) is 0 Å². The van der Waals surface area contributed by atoms with Crippen molar-refractivity contribution in [3.05, 3.63) is 54.0 Å². The number of likely N-dealkylation sites (tertiary alicyclic amines) is 1. The summed E-state index contributed by atoms with van der Waals surface area (Å²) in [5, 5.41) is 0. The van der Waals surface area contributed by atoms with Crippen molar-refractivity contribution in [3.8, 4) is 11.3 Å². The Morgan fingerprint density at radius 2 is 1.91 bits per heavy atom. The molecule has 4 heteroatoms. The van der Waals surface area contributed by atoms with Crippen LogP contribution in [0, 0.1) is 11.7 Å². The van der Waals surface area contributed by atoms with Crippen LogP contribution in [0.4, 0.5) is 4.39 Å². The minimum Gasteiger partial charge on any atom is -0.342 e. The van der Waals surface area contributed by atoms with Gasteiger partial charge in [-0.25, -0.2) is 4.39 Å². The Morgan fingerprint density at radius 1 is 1.14 bits per heavy atom. The van der Waals surface area contributed by atoms with Gasteiger partial charge >= 0.3 is 0 Å². The minimum absolute atomic E-state index is 0.152. The third-order valence-electron chi connectivity index (χ3n) is 4.63. The number of hydrogen-bond donors (Lipinski definition) is 0. The molecule has 2 aliphatic rings. The summed E-state index contributed by atoms with van der Waals surface area (Å²) in [4.78, 5) is 18.6. The average molecular weight is 296 g/mol. The molecular weight excluding hydrogens is 279 g/mol. The second-order valence-electron chi connectivity index (χ2n) is 6.11. The van der Waals surface area contributed by atoms with Crippen LogP contribution in [0.3, 0.4) is 0 Å². The molecule has 22 heavy (non-hydrogen) atoms. The highest BCUT2D eigenvalue weighted by atomic mass is 19.1. The summed E-state index contributed by atoms with van der Waals surface area (Å²) in [5.74, 6) is 0.534. The SMILES string of the molecule is O=C([C@@H]1C[C@H]1c1ccc(-c2ccc(F)cc2)nc1)N1CCC1. The minimum atomic E-state index is -0.245. The summed E-state index contributed by atoms with van der Waals surface area (Å²) >= 11 is 0. The third-order valence-corrected chi connectivity index (χ3v) is 4.63. The fourth-order valence-electron chi connectivity index (χ4n) is 3.02. The molecule has 1 saturated heterocycles. The largest absolute Gasteiger partial charge is 0.342 e. The molecule has 0 radical (unpaired) electrons. The van der Waals surface area contributed by atoms with Crippen LogP contribution in [-0.4, -0.2) is 28.9 Å². The van der Waals surface area contributed by atoms with Gasteiger partial charge in [-0.1, -0.05) is 6.07 Å². The number of pyridine rings is 1. The number of rotatable bonds is 3. The Kier molecular flexibility index (Phi) is 3.17. The van der Waals surface area contributed by atoms with Crippen LogP contribution >= 0.6 is 0 Å². The van der Waals surface area contributed by atoms with E-state index in [0.29, 0.717) is 11.8 Å². The maximum absolute atomic E-state index is 12.9. The van der Waals surface area contributed by atoms with Crippen molar-refractivity contribution in [2.45, 2.75) is 18.8 Å². The van der Waals surface area contributed by atoms with Crippen LogP contribution < -0.4 is 0 Å². The molecule has 0 bridgehead atoms. The van der Waals surface area contributed by atoms with Gasteiger partial charge in [0.05, 0.1) is 5.69 Å². The van der Waals surface area contributed by atoms with Crippen LogP contribution in [0.2, 0.25) is 0 Å². The standard InChI is InChI=1S/C18H17FN2O/c19-14-5-2-12(3-6-14)17-7-4-13(11-20-17)15-10-16(15)18(22)21-8-1-9-21/h2-7,11,15-16H,1,8-10H2/t15-,16+/m0/s1. The van der Waals surface area contributed by atoms with Crippen molar-refractivity contribution < 1.29 is 9.18 Å². The van der Waals surface area contributed by atoms with Crippen molar-refractivity contribution in [2.75, 3.05) is 13.1 Å². The van der Waals surface area contributed by atoms with Crippen LogP contribution in [0.15, 0.2) is 42.6 Å². The molecule has 1 aliphatic heterocycles. The quantitative estimate of drug-likeness (QED) is 0.871. The second-order valence-corrected chi connectivity index (χ2v) is 6.11. The molecule has 2 atom stereocenters. The lowest BCUT2D eigenvalue weighted by atomic mass is 10.1. The lowest BCUT2D eigenvalue weighted by molar-refractivity contribution is -0.136. The van der Waals surface area contributed by atoms with E-state index < -0.39 is 0 Å². The Hall–Kier alpha value is -2.23. The van der Waals surface area contributed by atoms with Gasteiger partial charge in [0, 0.05) is 30.8 Å². The van der Waals surface area contributed by atoms with E-state index in [9.17, 15) is 9.18 Å². The molecule has 3 nitrogen and oxygen atoms in total. The molecule has 0 spiro atoms. The molecule has 0 N–H and O–H groups in total. The van der Waals surface area contributed by atoms with Gasteiger partial charge < -0.3 is 4.90 Å². The van der Waals surface area contributed by atoms with E-state index in [4.69, 9.17) is 0 Å². The molecule has 1 aromatic heterocycles. The first kappa shape index (κ1) is 13.4. The molecule has 4 rings (SSSR count). The maximum Gasteiger partial charge on any atom is 0.226 e. The van der Waals surface area contributed by atoms with E-state index in [1.54, 1.807) is 12.1 Å². The van der Waals surface area contributed by atoms with E-state index in [0.717, 1.165) is 42.8 Å². The smallest absolute Gasteiger partial charge is 0.226 e. The van der Waals surface area contributed by atoms with E-state index in [2.05, 4.69) is 4.98 Å². The topological polar surface area (TPSA) is 33.2 Å². The summed E-state index contributed by atoms with van der Waals surface area (Å²) in [6.45, 7) is 1.84. The van der Waals surface area contributed by atoms with E-state index >= 15 is 0 Å².